The number of carbonyl (C=O) groups is 1. The number of aliphatic hydroxyl groups is 1. The number of pyridine rings is 1. The summed E-state index contributed by atoms with van der Waals surface area (Å²) in [5.74, 6) is 0.798. The van der Waals surface area contributed by atoms with Crippen molar-refractivity contribution in [2.45, 2.75) is 38.4 Å². The van der Waals surface area contributed by atoms with E-state index in [4.69, 9.17) is 4.74 Å². The van der Waals surface area contributed by atoms with Gasteiger partial charge in [0.05, 0.1) is 12.1 Å². The molecule has 2 aromatic heterocycles. The van der Waals surface area contributed by atoms with Crippen LogP contribution in [0.5, 0.6) is 5.75 Å². The third-order valence-electron chi connectivity index (χ3n) is 5.13. The average Bonchev–Trinajstić information content (AvgIpc) is 3.20. The van der Waals surface area contributed by atoms with Gasteiger partial charge in [-0.05, 0) is 36.2 Å². The van der Waals surface area contributed by atoms with E-state index in [1.807, 2.05) is 44.2 Å². The van der Waals surface area contributed by atoms with Crippen molar-refractivity contribution < 1.29 is 14.6 Å². The van der Waals surface area contributed by atoms with Gasteiger partial charge in [-0.3, -0.25) is 14.9 Å². The van der Waals surface area contributed by atoms with Gasteiger partial charge in [0.2, 0.25) is 0 Å². The van der Waals surface area contributed by atoms with Crippen molar-refractivity contribution in [2.75, 3.05) is 13.1 Å². The summed E-state index contributed by atoms with van der Waals surface area (Å²) in [5.41, 5.74) is 2.16. The van der Waals surface area contributed by atoms with Crippen molar-refractivity contribution in [1.29, 1.82) is 0 Å². The highest BCUT2D eigenvalue weighted by Crippen LogP contribution is 2.27. The molecule has 0 aliphatic carbocycles. The number of amides is 1. The van der Waals surface area contributed by atoms with Crippen LogP contribution in [0.2, 0.25) is 0 Å². The first-order valence-corrected chi connectivity index (χ1v) is 9.56. The Hall–Kier alpha value is -2.93. The van der Waals surface area contributed by atoms with Gasteiger partial charge in [-0.25, -0.2) is 0 Å². The summed E-state index contributed by atoms with van der Waals surface area (Å²) in [6, 6.07) is 11.3. The number of ether oxygens (including phenoxy) is 1. The summed E-state index contributed by atoms with van der Waals surface area (Å²) >= 11 is 0. The first kappa shape index (κ1) is 18.4. The van der Waals surface area contributed by atoms with Crippen LogP contribution in [-0.2, 0) is 0 Å². The van der Waals surface area contributed by atoms with Crippen LogP contribution < -0.4 is 4.74 Å². The molecule has 1 saturated heterocycles. The number of benzene rings is 1. The quantitative estimate of drug-likeness (QED) is 0.726. The second-order valence-corrected chi connectivity index (χ2v) is 7.45. The molecule has 1 aromatic carbocycles. The Morgan fingerprint density at radius 2 is 2.18 bits per heavy atom. The van der Waals surface area contributed by atoms with E-state index < -0.39 is 6.10 Å². The monoisotopic (exact) mass is 380 g/mol. The molecule has 7 heteroatoms. The Kier molecular flexibility index (Phi) is 5.00. The Morgan fingerprint density at radius 1 is 1.32 bits per heavy atom. The molecule has 1 aliphatic rings. The molecule has 7 nitrogen and oxygen atoms in total. The highest BCUT2D eigenvalue weighted by Gasteiger charge is 2.33. The highest BCUT2D eigenvalue weighted by molar-refractivity contribution is 5.92. The predicted octanol–water partition coefficient (Wildman–Crippen LogP) is 2.74. The van der Waals surface area contributed by atoms with E-state index >= 15 is 0 Å². The number of nitrogens with one attached hydrogen (secondary N) is 1. The Labute approximate surface area is 163 Å². The number of aromatic nitrogens is 3. The van der Waals surface area contributed by atoms with Gasteiger partial charge in [-0.15, -0.1) is 0 Å². The molecule has 146 valence electrons. The number of fused-ring (bicyclic) bond motifs is 1. The maximum absolute atomic E-state index is 12.7. The van der Waals surface area contributed by atoms with Gasteiger partial charge in [-0.2, -0.15) is 5.10 Å². The molecule has 1 amide bonds. The van der Waals surface area contributed by atoms with Gasteiger partial charge in [-0.1, -0.05) is 19.9 Å². The normalized spacial score (nSPS) is 19.9. The van der Waals surface area contributed by atoms with Gasteiger partial charge in [0.25, 0.3) is 5.91 Å². The van der Waals surface area contributed by atoms with Crippen LogP contribution in [0, 0.1) is 0 Å². The number of hydrogen-bond acceptors (Lipinski definition) is 5. The van der Waals surface area contributed by atoms with E-state index in [0.29, 0.717) is 24.4 Å². The van der Waals surface area contributed by atoms with Crippen LogP contribution in [0.25, 0.3) is 10.9 Å². The zero-order chi connectivity index (χ0) is 19.7. The van der Waals surface area contributed by atoms with E-state index in [1.54, 1.807) is 17.2 Å². The van der Waals surface area contributed by atoms with Crippen molar-refractivity contribution in [1.82, 2.24) is 20.1 Å². The van der Waals surface area contributed by atoms with Crippen molar-refractivity contribution in [3.8, 4) is 5.75 Å². The number of hydrogen-bond donors (Lipinski definition) is 2. The maximum atomic E-state index is 12.7. The maximum Gasteiger partial charge on any atom is 0.274 e. The Morgan fingerprint density at radius 3 is 2.93 bits per heavy atom. The first-order valence-electron chi connectivity index (χ1n) is 9.56. The lowest BCUT2D eigenvalue weighted by Gasteiger charge is -2.35. The van der Waals surface area contributed by atoms with Gasteiger partial charge in [0.15, 0.2) is 0 Å². The number of rotatable bonds is 4. The molecule has 0 saturated carbocycles. The number of aliphatic hydroxyl groups excluding tert-OH is 1. The van der Waals surface area contributed by atoms with Crippen LogP contribution in [0.4, 0.5) is 0 Å². The number of likely N-dealkylation sites (tertiary alicyclic amines) is 1. The lowest BCUT2D eigenvalue weighted by molar-refractivity contribution is -0.0194. The summed E-state index contributed by atoms with van der Waals surface area (Å²) in [6.07, 6.45) is 1.14. The lowest BCUT2D eigenvalue weighted by atomic mass is 10.0. The molecule has 3 heterocycles. The Balaban J connectivity index is 1.44. The zero-order valence-corrected chi connectivity index (χ0v) is 16.0. The molecule has 3 aromatic rings. The fourth-order valence-electron chi connectivity index (χ4n) is 3.48. The fraction of sp³-hybridized carbons (Fsp3) is 0.381. The molecular formula is C21H24N4O3. The standard InChI is InChI=1S/C21H24N4O3/c1-13(2)16-11-17(24-23-16)21(27)25-10-8-20(18(26)12-25)28-19-7-3-6-15-14(19)5-4-9-22-15/h3-7,9,11,13,18,20,26H,8,10,12H2,1-2H3,(H,23,24)/t18-,20-/m1/s1. The third-order valence-corrected chi connectivity index (χ3v) is 5.13. The minimum atomic E-state index is -0.770. The number of β-amino-alcohol motifs (C(OH)–C–C–N with tert-alkyl or cyclic N) is 1. The van der Waals surface area contributed by atoms with Crippen LogP contribution >= 0.6 is 0 Å². The van der Waals surface area contributed by atoms with Crippen molar-refractivity contribution in [3.05, 3.63) is 54.0 Å². The molecule has 2 atom stereocenters. The van der Waals surface area contributed by atoms with Gasteiger partial charge in [0, 0.05) is 30.2 Å². The SMILES string of the molecule is CC(C)c1cc(C(=O)N2CC[C@@H](Oc3cccc4ncccc34)[C@H](O)C2)n[nH]1. The lowest BCUT2D eigenvalue weighted by Crippen LogP contribution is -2.51. The van der Waals surface area contributed by atoms with Gasteiger partial charge >= 0.3 is 0 Å². The minimum Gasteiger partial charge on any atom is -0.487 e. The number of carbonyl (C=O) groups excluding carboxylic acids is 1. The number of nitrogens with zero attached hydrogens (tertiary/aromatic N) is 3. The minimum absolute atomic E-state index is 0.171. The molecule has 0 spiro atoms. The highest BCUT2D eigenvalue weighted by atomic mass is 16.5. The van der Waals surface area contributed by atoms with E-state index in [9.17, 15) is 9.90 Å². The summed E-state index contributed by atoms with van der Waals surface area (Å²) in [5, 5.41) is 18.5. The van der Waals surface area contributed by atoms with Gasteiger partial charge in [0.1, 0.15) is 23.7 Å². The molecule has 0 bridgehead atoms. The van der Waals surface area contributed by atoms with Crippen LogP contribution in [-0.4, -0.2) is 56.4 Å². The second-order valence-electron chi connectivity index (χ2n) is 7.45. The summed E-state index contributed by atoms with van der Waals surface area (Å²) in [6.45, 7) is 4.80. The molecule has 1 aliphatic heterocycles. The number of H-pyrrole nitrogens is 1. The second kappa shape index (κ2) is 7.59. The number of piperidine rings is 1. The van der Waals surface area contributed by atoms with E-state index in [0.717, 1.165) is 16.6 Å². The molecule has 1 fully saturated rings. The largest absolute Gasteiger partial charge is 0.487 e. The van der Waals surface area contributed by atoms with Crippen LogP contribution in [0.3, 0.4) is 0 Å². The molecule has 2 N–H and O–H groups in total. The summed E-state index contributed by atoms with van der Waals surface area (Å²) in [4.78, 5) is 18.7. The van der Waals surface area contributed by atoms with Crippen LogP contribution in [0.15, 0.2) is 42.6 Å². The molecule has 28 heavy (non-hydrogen) atoms. The topological polar surface area (TPSA) is 91.3 Å². The summed E-state index contributed by atoms with van der Waals surface area (Å²) < 4.78 is 6.10. The van der Waals surface area contributed by atoms with E-state index in [1.165, 1.54) is 0 Å². The van der Waals surface area contributed by atoms with E-state index in [2.05, 4.69) is 15.2 Å². The molecule has 4 rings (SSSR count). The van der Waals surface area contributed by atoms with Gasteiger partial charge < -0.3 is 14.7 Å². The van der Waals surface area contributed by atoms with Crippen molar-refractivity contribution in [3.63, 3.8) is 0 Å². The average molecular weight is 380 g/mol. The van der Waals surface area contributed by atoms with Crippen LogP contribution in [0.1, 0.15) is 42.4 Å². The van der Waals surface area contributed by atoms with Crippen molar-refractivity contribution >= 4 is 16.8 Å². The third kappa shape index (κ3) is 3.57. The molecular weight excluding hydrogens is 356 g/mol. The Bertz CT molecular complexity index is 979. The molecule has 0 unspecified atom stereocenters. The number of aromatic amines is 1. The fourth-order valence-corrected chi connectivity index (χ4v) is 3.48. The summed E-state index contributed by atoms with van der Waals surface area (Å²) in [7, 11) is 0. The van der Waals surface area contributed by atoms with E-state index in [-0.39, 0.29) is 24.5 Å². The predicted molar refractivity (Wildman–Crippen MR) is 105 cm³/mol. The van der Waals surface area contributed by atoms with Crippen molar-refractivity contribution in [2.24, 2.45) is 0 Å². The first-order chi connectivity index (χ1) is 13.5. The molecule has 0 radical (unpaired) electrons. The zero-order valence-electron chi connectivity index (χ0n) is 16.0. The smallest absolute Gasteiger partial charge is 0.274 e.